The Balaban J connectivity index is 0. The van der Waals surface area contributed by atoms with Crippen molar-refractivity contribution in [3.05, 3.63) is 28.3 Å². The van der Waals surface area contributed by atoms with Gasteiger partial charge in [0.2, 0.25) is 0 Å². The molecule has 0 aliphatic heterocycles. The second kappa shape index (κ2) is 8.88. The Morgan fingerprint density at radius 3 is 2.19 bits per heavy atom. The number of phenolic OH excluding ortho intramolecular Hbond substituents is 1. The molecular formula is C11H14ClNaO3. The molecule has 3 nitrogen and oxygen atoms in total. The summed E-state index contributed by atoms with van der Waals surface area (Å²) in [7, 11) is 0. The monoisotopic (exact) mass is 252 g/mol. The number of carboxylic acid groups (broad SMARTS) is 1. The standard InChI is InChI=1S/C8H9ClO.C3H6O2.Na/c1-5-3-4-7(9)8(10)6(5)2;1-2-3(4)5;/h3-4,10H,1-2H3;2H2,1H3,(H,4,5);/q;;+1/p-1. The van der Waals surface area contributed by atoms with E-state index in [0.29, 0.717) is 5.02 Å². The molecule has 0 unspecified atom stereocenters. The maximum atomic E-state index is 9.26. The smallest absolute Gasteiger partial charge is 0.550 e. The van der Waals surface area contributed by atoms with Crippen molar-refractivity contribution in [3.8, 4) is 5.75 Å². The van der Waals surface area contributed by atoms with Crippen LogP contribution in [0.1, 0.15) is 24.5 Å². The fourth-order valence-electron chi connectivity index (χ4n) is 0.768. The van der Waals surface area contributed by atoms with E-state index in [4.69, 9.17) is 11.6 Å². The van der Waals surface area contributed by atoms with E-state index in [2.05, 4.69) is 0 Å². The van der Waals surface area contributed by atoms with E-state index < -0.39 is 5.97 Å². The number of aromatic hydroxyl groups is 1. The fourth-order valence-corrected chi connectivity index (χ4v) is 0.973. The fraction of sp³-hybridized carbons (Fsp3) is 0.364. The number of aliphatic carboxylic acids is 1. The summed E-state index contributed by atoms with van der Waals surface area (Å²) in [4.78, 5) is 9.26. The second-order valence-electron chi connectivity index (χ2n) is 3.06. The van der Waals surface area contributed by atoms with E-state index in [1.165, 1.54) is 6.92 Å². The first-order valence-electron chi connectivity index (χ1n) is 4.54. The number of carbonyl (C=O) groups excluding carboxylic acids is 1. The Morgan fingerprint density at radius 1 is 1.44 bits per heavy atom. The first-order valence-corrected chi connectivity index (χ1v) is 4.92. The van der Waals surface area contributed by atoms with Gasteiger partial charge in [-0.25, -0.2) is 0 Å². The summed E-state index contributed by atoms with van der Waals surface area (Å²) < 4.78 is 0. The number of benzene rings is 1. The molecule has 0 amide bonds. The molecule has 0 saturated carbocycles. The number of phenols is 1. The first-order chi connectivity index (χ1) is 6.90. The van der Waals surface area contributed by atoms with Gasteiger partial charge in [0.1, 0.15) is 5.75 Å². The summed E-state index contributed by atoms with van der Waals surface area (Å²) in [6.07, 6.45) is 0.111. The molecular weight excluding hydrogens is 239 g/mol. The van der Waals surface area contributed by atoms with E-state index in [9.17, 15) is 15.0 Å². The number of aryl methyl sites for hydroxylation is 1. The van der Waals surface area contributed by atoms with Gasteiger partial charge in [0.25, 0.3) is 0 Å². The third kappa shape index (κ3) is 6.38. The molecule has 5 heteroatoms. The summed E-state index contributed by atoms with van der Waals surface area (Å²) in [5, 5.41) is 18.9. The summed E-state index contributed by atoms with van der Waals surface area (Å²) in [6.45, 7) is 5.32. The van der Waals surface area contributed by atoms with Crippen LogP contribution in [0.25, 0.3) is 0 Å². The van der Waals surface area contributed by atoms with E-state index >= 15 is 0 Å². The zero-order valence-electron chi connectivity index (χ0n) is 10.0. The second-order valence-corrected chi connectivity index (χ2v) is 3.47. The Morgan fingerprint density at radius 2 is 1.88 bits per heavy atom. The predicted molar refractivity (Wildman–Crippen MR) is 57.9 cm³/mol. The van der Waals surface area contributed by atoms with Crippen molar-refractivity contribution in [1.82, 2.24) is 0 Å². The van der Waals surface area contributed by atoms with Gasteiger partial charge in [-0.3, -0.25) is 0 Å². The van der Waals surface area contributed by atoms with Crippen LogP contribution in [0.15, 0.2) is 12.1 Å². The normalized spacial score (nSPS) is 8.50. The van der Waals surface area contributed by atoms with Gasteiger partial charge in [0, 0.05) is 5.97 Å². The van der Waals surface area contributed by atoms with Crippen molar-refractivity contribution in [1.29, 1.82) is 0 Å². The molecule has 0 aliphatic carbocycles. The SMILES string of the molecule is CCC(=O)[O-].Cc1ccc(Cl)c(O)c1C.[Na+]. The van der Waals surface area contributed by atoms with Gasteiger partial charge in [0.15, 0.2) is 0 Å². The minimum atomic E-state index is -0.995. The topological polar surface area (TPSA) is 60.4 Å². The minimum absolute atomic E-state index is 0. The number of hydrogen-bond donors (Lipinski definition) is 1. The van der Waals surface area contributed by atoms with Crippen molar-refractivity contribution in [2.24, 2.45) is 0 Å². The van der Waals surface area contributed by atoms with Crippen molar-refractivity contribution < 1.29 is 44.6 Å². The molecule has 0 saturated heterocycles. The summed E-state index contributed by atoms with van der Waals surface area (Å²) >= 11 is 5.64. The molecule has 0 aromatic heterocycles. The third-order valence-corrected chi connectivity index (χ3v) is 2.25. The van der Waals surface area contributed by atoms with Gasteiger partial charge in [0.05, 0.1) is 5.02 Å². The predicted octanol–water partition coefficient (Wildman–Crippen LogP) is -1.19. The van der Waals surface area contributed by atoms with Crippen LogP contribution in [-0.4, -0.2) is 11.1 Å². The summed E-state index contributed by atoms with van der Waals surface area (Å²) in [5.74, 6) is -0.799. The van der Waals surface area contributed by atoms with E-state index in [1.54, 1.807) is 6.07 Å². The number of carboxylic acids is 1. The molecule has 0 atom stereocenters. The maximum Gasteiger partial charge on any atom is 1.00 e. The average molecular weight is 253 g/mol. The van der Waals surface area contributed by atoms with Crippen molar-refractivity contribution in [2.45, 2.75) is 27.2 Å². The Kier molecular flexibility index (Phi) is 10.1. The summed E-state index contributed by atoms with van der Waals surface area (Å²) in [6, 6.07) is 3.58. The van der Waals surface area contributed by atoms with Gasteiger partial charge >= 0.3 is 29.6 Å². The van der Waals surface area contributed by atoms with Gasteiger partial charge in [-0.2, -0.15) is 0 Å². The molecule has 1 rings (SSSR count). The maximum absolute atomic E-state index is 9.26. The molecule has 0 bridgehead atoms. The Bertz CT molecular complexity index is 326. The van der Waals surface area contributed by atoms with Crippen LogP contribution in [0.2, 0.25) is 5.02 Å². The van der Waals surface area contributed by atoms with Crippen molar-refractivity contribution in [2.75, 3.05) is 0 Å². The van der Waals surface area contributed by atoms with Crippen molar-refractivity contribution >= 4 is 17.6 Å². The Labute approximate surface area is 123 Å². The molecule has 0 heterocycles. The molecule has 0 radical (unpaired) electrons. The molecule has 16 heavy (non-hydrogen) atoms. The number of hydrogen-bond acceptors (Lipinski definition) is 3. The average Bonchev–Trinajstić information content (AvgIpc) is 2.21. The Hall–Kier alpha value is -0.220. The van der Waals surface area contributed by atoms with Crippen LogP contribution >= 0.6 is 11.6 Å². The number of rotatable bonds is 1. The minimum Gasteiger partial charge on any atom is -0.550 e. The zero-order chi connectivity index (χ0) is 12.0. The molecule has 1 aromatic carbocycles. The van der Waals surface area contributed by atoms with E-state index in [1.807, 2.05) is 19.9 Å². The van der Waals surface area contributed by atoms with Crippen LogP contribution in [0, 0.1) is 13.8 Å². The van der Waals surface area contributed by atoms with Crippen molar-refractivity contribution in [3.63, 3.8) is 0 Å². The molecule has 1 N–H and O–H groups in total. The molecule has 84 valence electrons. The summed E-state index contributed by atoms with van der Waals surface area (Å²) in [5.41, 5.74) is 1.91. The number of carbonyl (C=O) groups is 1. The molecule has 1 aromatic rings. The number of halogens is 1. The van der Waals surface area contributed by atoms with Gasteiger partial charge < -0.3 is 15.0 Å². The van der Waals surface area contributed by atoms with Crippen LogP contribution in [0.3, 0.4) is 0 Å². The van der Waals surface area contributed by atoms with Gasteiger partial charge in [-0.05, 0) is 37.5 Å². The van der Waals surface area contributed by atoms with Crippen LogP contribution in [0.5, 0.6) is 5.75 Å². The zero-order valence-corrected chi connectivity index (χ0v) is 12.8. The molecule has 0 fully saturated rings. The van der Waals surface area contributed by atoms with Crippen LogP contribution in [0.4, 0.5) is 0 Å². The largest absolute Gasteiger partial charge is 1.00 e. The van der Waals surface area contributed by atoms with E-state index in [0.717, 1.165) is 11.1 Å². The third-order valence-electron chi connectivity index (χ3n) is 1.94. The van der Waals surface area contributed by atoms with Gasteiger partial charge in [-0.15, -0.1) is 0 Å². The van der Waals surface area contributed by atoms with Crippen LogP contribution < -0.4 is 34.7 Å². The molecule has 0 aliphatic rings. The first kappa shape index (κ1) is 18.2. The van der Waals surface area contributed by atoms with Crippen LogP contribution in [-0.2, 0) is 4.79 Å². The van der Waals surface area contributed by atoms with Gasteiger partial charge in [-0.1, -0.05) is 24.6 Å². The molecule has 0 spiro atoms. The van der Waals surface area contributed by atoms with E-state index in [-0.39, 0.29) is 41.7 Å². The quantitative estimate of drug-likeness (QED) is 0.640.